The lowest BCUT2D eigenvalue weighted by Crippen LogP contribution is -2.21. The average molecular weight is 276 g/mol. The normalized spacial score (nSPS) is 12.2. The van der Waals surface area contributed by atoms with Crippen LogP contribution in [0.15, 0.2) is 22.7 Å². The molecule has 0 spiro atoms. The van der Waals surface area contributed by atoms with Crippen molar-refractivity contribution < 1.29 is 20.2 Å². The minimum Gasteiger partial charge on any atom is -0.508 e. The Morgan fingerprint density at radius 3 is 2.80 bits per heavy atom. The Kier molecular flexibility index (Phi) is 4.07. The number of halogens is 1. The highest BCUT2D eigenvalue weighted by Crippen LogP contribution is 2.29. The zero-order valence-corrected chi connectivity index (χ0v) is 9.23. The number of aliphatic hydroxyl groups is 1. The molecule has 1 rings (SSSR count). The molecule has 0 fully saturated rings. The van der Waals surface area contributed by atoms with E-state index in [1.807, 2.05) is 0 Å². The fourth-order valence-electron chi connectivity index (χ4n) is 1.12. The van der Waals surface area contributed by atoms with Gasteiger partial charge in [-0.25, -0.2) is 5.48 Å². The summed E-state index contributed by atoms with van der Waals surface area (Å²) < 4.78 is 0.679. The molecule has 0 bridgehead atoms. The molecule has 1 aromatic rings. The maximum absolute atomic E-state index is 10.8. The molecule has 1 unspecified atom stereocenters. The first-order valence-corrected chi connectivity index (χ1v) is 4.93. The van der Waals surface area contributed by atoms with Crippen LogP contribution in [0.4, 0.5) is 0 Å². The van der Waals surface area contributed by atoms with Crippen LogP contribution in [0.2, 0.25) is 0 Å². The summed E-state index contributed by atoms with van der Waals surface area (Å²) in [6.45, 7) is 0. The van der Waals surface area contributed by atoms with Crippen LogP contribution in [0.1, 0.15) is 18.1 Å². The van der Waals surface area contributed by atoms with Crippen molar-refractivity contribution >= 4 is 21.8 Å². The molecule has 15 heavy (non-hydrogen) atoms. The number of hydroxylamine groups is 1. The van der Waals surface area contributed by atoms with E-state index in [2.05, 4.69) is 15.9 Å². The van der Waals surface area contributed by atoms with E-state index in [-0.39, 0.29) is 17.7 Å². The van der Waals surface area contributed by atoms with E-state index in [4.69, 9.17) is 5.21 Å². The van der Waals surface area contributed by atoms with E-state index in [1.54, 1.807) is 6.07 Å². The van der Waals surface area contributed by atoms with E-state index in [9.17, 15) is 15.0 Å². The van der Waals surface area contributed by atoms with Gasteiger partial charge in [0, 0.05) is 10.0 Å². The van der Waals surface area contributed by atoms with Crippen molar-refractivity contribution in [3.63, 3.8) is 0 Å². The van der Waals surface area contributed by atoms with Gasteiger partial charge in [0.05, 0.1) is 12.5 Å². The summed E-state index contributed by atoms with van der Waals surface area (Å²) in [5, 5.41) is 27.3. The highest BCUT2D eigenvalue weighted by molar-refractivity contribution is 9.10. The summed E-state index contributed by atoms with van der Waals surface area (Å²) in [7, 11) is 0. The van der Waals surface area contributed by atoms with E-state index in [0.717, 1.165) is 0 Å². The highest BCUT2D eigenvalue weighted by atomic mass is 79.9. The number of carbonyl (C=O) groups excluding carboxylic acids is 1. The van der Waals surface area contributed by atoms with Crippen LogP contribution in [0.3, 0.4) is 0 Å². The molecule has 0 aliphatic rings. The topological polar surface area (TPSA) is 89.8 Å². The third-order valence-electron chi connectivity index (χ3n) is 1.85. The molecule has 82 valence electrons. The van der Waals surface area contributed by atoms with Crippen LogP contribution in [-0.2, 0) is 4.79 Å². The quantitative estimate of drug-likeness (QED) is 0.491. The lowest BCUT2D eigenvalue weighted by molar-refractivity contribution is -0.131. The van der Waals surface area contributed by atoms with Crippen LogP contribution >= 0.6 is 15.9 Å². The Morgan fingerprint density at radius 1 is 1.53 bits per heavy atom. The number of aromatic hydroxyl groups is 1. The first kappa shape index (κ1) is 12.0. The number of phenols is 1. The Labute approximate surface area is 94.4 Å². The SMILES string of the molecule is O=C(CC(O)c1cc(Br)ccc1O)NO. The van der Waals surface area contributed by atoms with E-state index >= 15 is 0 Å². The van der Waals surface area contributed by atoms with E-state index in [0.29, 0.717) is 4.47 Å². The fraction of sp³-hybridized carbons (Fsp3) is 0.222. The molecular formula is C9H10BrNO4. The largest absolute Gasteiger partial charge is 0.508 e. The molecular weight excluding hydrogens is 266 g/mol. The monoisotopic (exact) mass is 275 g/mol. The number of aliphatic hydroxyl groups excluding tert-OH is 1. The number of nitrogens with one attached hydrogen (secondary N) is 1. The maximum atomic E-state index is 10.8. The Balaban J connectivity index is 2.85. The summed E-state index contributed by atoms with van der Waals surface area (Å²) in [6.07, 6.45) is -1.48. The van der Waals surface area contributed by atoms with E-state index < -0.39 is 12.0 Å². The minimum atomic E-state index is -1.16. The molecule has 0 aromatic heterocycles. The molecule has 1 atom stereocenters. The van der Waals surface area contributed by atoms with Gasteiger partial charge < -0.3 is 10.2 Å². The summed E-state index contributed by atoms with van der Waals surface area (Å²) in [5.74, 6) is -0.821. The number of rotatable bonds is 3. The van der Waals surface area contributed by atoms with Gasteiger partial charge in [0.15, 0.2) is 0 Å². The lowest BCUT2D eigenvalue weighted by atomic mass is 10.1. The second-order valence-corrected chi connectivity index (χ2v) is 3.87. The van der Waals surface area contributed by atoms with Crippen LogP contribution in [0.5, 0.6) is 5.75 Å². The smallest absolute Gasteiger partial charge is 0.246 e. The van der Waals surface area contributed by atoms with Gasteiger partial charge in [0.2, 0.25) is 5.91 Å². The molecule has 1 aromatic carbocycles. The van der Waals surface area contributed by atoms with Crippen LogP contribution < -0.4 is 5.48 Å². The zero-order valence-electron chi connectivity index (χ0n) is 7.64. The van der Waals surface area contributed by atoms with Crippen molar-refractivity contribution in [2.24, 2.45) is 0 Å². The molecule has 0 saturated heterocycles. The van der Waals surface area contributed by atoms with Gasteiger partial charge in [-0.1, -0.05) is 15.9 Å². The maximum Gasteiger partial charge on any atom is 0.246 e. The Morgan fingerprint density at radius 2 is 2.20 bits per heavy atom. The molecule has 0 heterocycles. The third-order valence-corrected chi connectivity index (χ3v) is 2.35. The standard InChI is InChI=1S/C9H10BrNO4/c10-5-1-2-7(12)6(3-5)8(13)4-9(14)11-15/h1-3,8,12-13,15H,4H2,(H,11,14). The van der Waals surface area contributed by atoms with Crippen molar-refractivity contribution in [1.29, 1.82) is 0 Å². The van der Waals surface area contributed by atoms with Crippen molar-refractivity contribution in [1.82, 2.24) is 5.48 Å². The van der Waals surface area contributed by atoms with Gasteiger partial charge in [-0.3, -0.25) is 10.0 Å². The van der Waals surface area contributed by atoms with Crippen LogP contribution in [-0.4, -0.2) is 21.3 Å². The number of hydrogen-bond acceptors (Lipinski definition) is 4. The molecule has 0 radical (unpaired) electrons. The second-order valence-electron chi connectivity index (χ2n) is 2.96. The first-order valence-electron chi connectivity index (χ1n) is 4.14. The molecule has 1 amide bonds. The predicted molar refractivity (Wildman–Crippen MR) is 55.3 cm³/mol. The zero-order chi connectivity index (χ0) is 11.4. The first-order chi connectivity index (χ1) is 7.04. The summed E-state index contributed by atoms with van der Waals surface area (Å²) in [6, 6.07) is 4.52. The van der Waals surface area contributed by atoms with Crippen molar-refractivity contribution in [2.75, 3.05) is 0 Å². The predicted octanol–water partition coefficient (Wildman–Crippen LogP) is 1.08. The highest BCUT2D eigenvalue weighted by Gasteiger charge is 2.16. The molecule has 0 aliphatic carbocycles. The molecule has 5 nitrogen and oxygen atoms in total. The van der Waals surface area contributed by atoms with Gasteiger partial charge in [-0.2, -0.15) is 0 Å². The number of carbonyl (C=O) groups is 1. The Bertz CT molecular complexity index is 369. The van der Waals surface area contributed by atoms with E-state index in [1.165, 1.54) is 17.6 Å². The number of hydrogen-bond donors (Lipinski definition) is 4. The summed E-state index contributed by atoms with van der Waals surface area (Å²) in [5.41, 5.74) is 1.64. The van der Waals surface area contributed by atoms with Gasteiger partial charge in [0.25, 0.3) is 0 Å². The lowest BCUT2D eigenvalue weighted by Gasteiger charge is -2.11. The van der Waals surface area contributed by atoms with Gasteiger partial charge in [-0.15, -0.1) is 0 Å². The molecule has 6 heteroatoms. The average Bonchev–Trinajstić information content (AvgIpc) is 2.21. The summed E-state index contributed by atoms with van der Waals surface area (Å²) >= 11 is 3.18. The van der Waals surface area contributed by atoms with Crippen molar-refractivity contribution in [3.8, 4) is 5.75 Å². The number of phenolic OH excluding ortho intramolecular Hbond substituents is 1. The second kappa shape index (κ2) is 5.11. The number of amides is 1. The van der Waals surface area contributed by atoms with Crippen LogP contribution in [0.25, 0.3) is 0 Å². The molecule has 0 aliphatic heterocycles. The number of benzene rings is 1. The Hall–Kier alpha value is -1.11. The van der Waals surface area contributed by atoms with Gasteiger partial charge in [0.1, 0.15) is 5.75 Å². The molecule has 4 N–H and O–H groups in total. The van der Waals surface area contributed by atoms with Crippen molar-refractivity contribution in [3.05, 3.63) is 28.2 Å². The summed E-state index contributed by atoms with van der Waals surface area (Å²) in [4.78, 5) is 10.8. The fourth-order valence-corrected chi connectivity index (χ4v) is 1.50. The third kappa shape index (κ3) is 3.19. The minimum absolute atomic E-state index is 0.101. The van der Waals surface area contributed by atoms with Gasteiger partial charge in [-0.05, 0) is 18.2 Å². The van der Waals surface area contributed by atoms with Crippen molar-refractivity contribution in [2.45, 2.75) is 12.5 Å². The van der Waals surface area contributed by atoms with Crippen LogP contribution in [0, 0.1) is 0 Å². The molecule has 0 saturated carbocycles. The van der Waals surface area contributed by atoms with Gasteiger partial charge >= 0.3 is 0 Å².